The van der Waals surface area contributed by atoms with Crippen molar-refractivity contribution in [2.24, 2.45) is 0 Å². The average molecular weight is 524 g/mol. The highest BCUT2D eigenvalue weighted by molar-refractivity contribution is 7.15. The maximum absolute atomic E-state index is 14.1. The fourth-order valence-corrected chi connectivity index (χ4v) is 6.40. The van der Waals surface area contributed by atoms with E-state index in [0.29, 0.717) is 22.2 Å². The van der Waals surface area contributed by atoms with Crippen molar-refractivity contribution in [1.29, 1.82) is 0 Å². The van der Waals surface area contributed by atoms with Gasteiger partial charge >= 0.3 is 0 Å². The first kappa shape index (κ1) is 26.2. The third kappa shape index (κ3) is 5.58. The van der Waals surface area contributed by atoms with Crippen LogP contribution in [0.1, 0.15) is 64.7 Å². The van der Waals surface area contributed by atoms with E-state index >= 15 is 0 Å². The molecule has 36 heavy (non-hydrogen) atoms. The number of ether oxygens (including phenoxy) is 1. The lowest BCUT2D eigenvalue weighted by molar-refractivity contribution is 0.0618. The van der Waals surface area contributed by atoms with Gasteiger partial charge in [0.05, 0.1) is 12.1 Å². The SMILES string of the molecule is C=Cc1c(/C=C\C)sc(C(=O)N(Cc2cc(-c3ccc(F)cc3)ccc2OC)C2CCCCC2)c1Cl. The van der Waals surface area contributed by atoms with Crippen LogP contribution in [-0.2, 0) is 6.54 Å². The van der Waals surface area contributed by atoms with E-state index in [1.807, 2.05) is 42.2 Å². The van der Waals surface area contributed by atoms with Gasteiger partial charge in [0.25, 0.3) is 5.91 Å². The summed E-state index contributed by atoms with van der Waals surface area (Å²) < 4.78 is 19.2. The zero-order valence-corrected chi connectivity index (χ0v) is 22.3. The molecule has 4 rings (SSSR count). The molecule has 1 aliphatic carbocycles. The Hall–Kier alpha value is -2.89. The fraction of sp³-hybridized carbons (Fsp3) is 0.300. The topological polar surface area (TPSA) is 29.5 Å². The highest BCUT2D eigenvalue weighted by atomic mass is 35.5. The second kappa shape index (κ2) is 11.9. The van der Waals surface area contributed by atoms with Crippen LogP contribution in [0, 0.1) is 5.82 Å². The van der Waals surface area contributed by atoms with Crippen molar-refractivity contribution in [2.75, 3.05) is 7.11 Å². The zero-order chi connectivity index (χ0) is 25.7. The normalized spacial score (nSPS) is 14.2. The highest BCUT2D eigenvalue weighted by Crippen LogP contribution is 2.38. The van der Waals surface area contributed by atoms with Crippen molar-refractivity contribution in [3.8, 4) is 16.9 Å². The number of carbonyl (C=O) groups is 1. The van der Waals surface area contributed by atoms with Gasteiger partial charge in [-0.2, -0.15) is 0 Å². The van der Waals surface area contributed by atoms with Crippen LogP contribution >= 0.6 is 22.9 Å². The number of nitrogens with zero attached hydrogens (tertiary/aromatic N) is 1. The predicted octanol–water partition coefficient (Wildman–Crippen LogP) is 8.87. The fourth-order valence-electron chi connectivity index (χ4n) is 4.84. The summed E-state index contributed by atoms with van der Waals surface area (Å²) in [5, 5.41) is 0.459. The molecule has 0 atom stereocenters. The second-order valence-corrected chi connectivity index (χ2v) is 10.4. The van der Waals surface area contributed by atoms with Crippen molar-refractivity contribution in [1.82, 2.24) is 4.90 Å². The highest BCUT2D eigenvalue weighted by Gasteiger charge is 2.31. The van der Waals surface area contributed by atoms with E-state index in [4.69, 9.17) is 16.3 Å². The molecule has 0 spiro atoms. The Morgan fingerprint density at radius 2 is 1.86 bits per heavy atom. The summed E-state index contributed by atoms with van der Waals surface area (Å²) >= 11 is 8.13. The molecule has 6 heteroatoms. The molecular formula is C30H31ClFNO2S. The van der Waals surface area contributed by atoms with Gasteiger partial charge in [0.1, 0.15) is 16.4 Å². The van der Waals surface area contributed by atoms with E-state index in [1.54, 1.807) is 25.3 Å². The lowest BCUT2D eigenvalue weighted by Gasteiger charge is -2.34. The number of amides is 1. The Labute approximate surface area is 221 Å². The first-order valence-corrected chi connectivity index (χ1v) is 13.5. The smallest absolute Gasteiger partial charge is 0.266 e. The molecule has 0 radical (unpaired) electrons. The van der Waals surface area contributed by atoms with Crippen LogP contribution in [0.25, 0.3) is 23.3 Å². The summed E-state index contributed by atoms with van der Waals surface area (Å²) in [5.74, 6) is 0.378. The van der Waals surface area contributed by atoms with E-state index in [-0.39, 0.29) is 17.8 Å². The molecule has 3 aromatic rings. The Kier molecular flexibility index (Phi) is 8.65. The summed E-state index contributed by atoms with van der Waals surface area (Å²) in [6, 6.07) is 12.5. The molecule has 1 aromatic heterocycles. The number of carbonyl (C=O) groups excluding carboxylic acids is 1. The van der Waals surface area contributed by atoms with Gasteiger partial charge < -0.3 is 9.64 Å². The van der Waals surface area contributed by atoms with Crippen molar-refractivity contribution in [3.63, 3.8) is 0 Å². The van der Waals surface area contributed by atoms with Gasteiger partial charge in [-0.15, -0.1) is 11.3 Å². The zero-order valence-electron chi connectivity index (χ0n) is 20.7. The van der Waals surface area contributed by atoms with Crippen LogP contribution in [0.15, 0.2) is 55.1 Å². The molecule has 0 N–H and O–H groups in total. The quantitative estimate of drug-likeness (QED) is 0.295. The van der Waals surface area contributed by atoms with Crippen LogP contribution in [-0.4, -0.2) is 24.0 Å². The number of hydrogen-bond donors (Lipinski definition) is 0. The first-order valence-electron chi connectivity index (χ1n) is 12.3. The Bertz CT molecular complexity index is 1260. The lowest BCUT2D eigenvalue weighted by Crippen LogP contribution is -2.40. The summed E-state index contributed by atoms with van der Waals surface area (Å²) in [6.07, 6.45) is 10.9. The van der Waals surface area contributed by atoms with Gasteiger partial charge in [0.2, 0.25) is 0 Å². The van der Waals surface area contributed by atoms with E-state index in [0.717, 1.165) is 52.8 Å². The van der Waals surface area contributed by atoms with Crippen LogP contribution in [0.4, 0.5) is 4.39 Å². The number of benzene rings is 2. The number of hydrogen-bond acceptors (Lipinski definition) is 3. The summed E-state index contributed by atoms with van der Waals surface area (Å²) in [4.78, 5) is 17.5. The number of rotatable bonds is 8. The van der Waals surface area contributed by atoms with E-state index in [2.05, 4.69) is 6.58 Å². The van der Waals surface area contributed by atoms with Gasteiger partial charge in [-0.25, -0.2) is 4.39 Å². The summed E-state index contributed by atoms with van der Waals surface area (Å²) in [7, 11) is 1.64. The number of thiophene rings is 1. The number of halogens is 2. The van der Waals surface area contributed by atoms with Gasteiger partial charge in [-0.1, -0.05) is 67.8 Å². The third-order valence-electron chi connectivity index (χ3n) is 6.70. The Balaban J connectivity index is 1.74. The summed E-state index contributed by atoms with van der Waals surface area (Å²) in [6.45, 7) is 6.24. The van der Waals surface area contributed by atoms with Crippen molar-refractivity contribution < 1.29 is 13.9 Å². The lowest BCUT2D eigenvalue weighted by atomic mass is 9.93. The maximum atomic E-state index is 14.1. The molecule has 0 unspecified atom stereocenters. The molecule has 1 fully saturated rings. The van der Waals surface area contributed by atoms with Crippen molar-refractivity contribution >= 4 is 41.0 Å². The summed E-state index contributed by atoms with van der Waals surface area (Å²) in [5.41, 5.74) is 3.55. The van der Waals surface area contributed by atoms with E-state index in [1.165, 1.54) is 29.9 Å². The van der Waals surface area contributed by atoms with Crippen molar-refractivity contribution in [3.05, 3.63) is 86.8 Å². The van der Waals surface area contributed by atoms with E-state index in [9.17, 15) is 9.18 Å². The Morgan fingerprint density at radius 1 is 1.17 bits per heavy atom. The molecule has 1 saturated carbocycles. The van der Waals surface area contributed by atoms with E-state index < -0.39 is 0 Å². The van der Waals surface area contributed by atoms with Crippen LogP contribution in [0.2, 0.25) is 5.02 Å². The minimum Gasteiger partial charge on any atom is -0.496 e. The molecule has 188 valence electrons. The van der Waals surface area contributed by atoms with Gasteiger partial charge in [-0.05, 0) is 61.2 Å². The number of allylic oxidation sites excluding steroid dienone is 1. The molecule has 0 aliphatic heterocycles. The minimum atomic E-state index is -0.273. The van der Waals surface area contributed by atoms with Gasteiger partial charge in [-0.3, -0.25) is 4.79 Å². The second-order valence-electron chi connectivity index (χ2n) is 8.99. The molecular weight excluding hydrogens is 493 g/mol. The average Bonchev–Trinajstić information content (AvgIpc) is 3.22. The molecule has 1 amide bonds. The maximum Gasteiger partial charge on any atom is 0.266 e. The number of methoxy groups -OCH3 is 1. The minimum absolute atomic E-state index is 0.0648. The largest absolute Gasteiger partial charge is 0.496 e. The van der Waals surface area contributed by atoms with Crippen LogP contribution < -0.4 is 4.74 Å². The molecule has 0 bridgehead atoms. The molecule has 1 heterocycles. The molecule has 1 aliphatic rings. The molecule has 3 nitrogen and oxygen atoms in total. The molecule has 2 aromatic carbocycles. The Morgan fingerprint density at radius 3 is 2.50 bits per heavy atom. The van der Waals surface area contributed by atoms with Crippen LogP contribution in [0.5, 0.6) is 5.75 Å². The monoisotopic (exact) mass is 523 g/mol. The third-order valence-corrected chi connectivity index (χ3v) is 8.37. The van der Waals surface area contributed by atoms with Gasteiger partial charge in [0.15, 0.2) is 0 Å². The molecule has 0 saturated heterocycles. The van der Waals surface area contributed by atoms with Gasteiger partial charge in [0, 0.05) is 28.6 Å². The van der Waals surface area contributed by atoms with Crippen molar-refractivity contribution in [2.45, 2.75) is 51.6 Å². The van der Waals surface area contributed by atoms with Crippen LogP contribution in [0.3, 0.4) is 0 Å². The predicted molar refractivity (Wildman–Crippen MR) is 149 cm³/mol. The standard InChI is InChI=1S/C30H31ClFNO2S/c1-4-9-27-25(5-2)28(31)29(36-27)30(34)33(24-10-7-6-8-11-24)19-22-18-21(14-17-26(22)35-3)20-12-15-23(32)16-13-20/h4-5,9,12-18,24H,2,6-8,10-11,19H2,1,3H3/b9-4-. The first-order chi connectivity index (χ1) is 17.5.